The van der Waals surface area contributed by atoms with Crippen molar-refractivity contribution in [3.63, 3.8) is 0 Å². The second-order valence-corrected chi connectivity index (χ2v) is 8.85. The molecule has 5 nitrogen and oxygen atoms in total. The summed E-state index contributed by atoms with van der Waals surface area (Å²) in [5.74, 6) is -0.996. The van der Waals surface area contributed by atoms with Gasteiger partial charge in [0.1, 0.15) is 5.57 Å². The molecule has 0 amide bonds. The average molecular weight is 376 g/mol. The Balaban J connectivity index is 1.25. The summed E-state index contributed by atoms with van der Waals surface area (Å²) in [6.07, 6.45) is 15.8. The van der Waals surface area contributed by atoms with E-state index in [2.05, 4.69) is 0 Å². The maximum absolute atomic E-state index is 12.4. The first-order chi connectivity index (χ1) is 13.1. The molecule has 4 rings (SSSR count). The Morgan fingerprint density at radius 3 is 2.11 bits per heavy atom. The summed E-state index contributed by atoms with van der Waals surface area (Å²) < 4.78 is 17.2. The maximum Gasteiger partial charge on any atom is 0.348 e. The molecular weight excluding hydrogens is 344 g/mol. The summed E-state index contributed by atoms with van der Waals surface area (Å²) in [5, 5.41) is 0. The van der Waals surface area contributed by atoms with Gasteiger partial charge in [-0.25, -0.2) is 9.59 Å². The van der Waals surface area contributed by atoms with Crippen LogP contribution in [0.2, 0.25) is 0 Å². The quantitative estimate of drug-likeness (QED) is 0.412. The Hall–Kier alpha value is -1.36. The minimum atomic E-state index is -0.976. The molecule has 3 aliphatic carbocycles. The van der Waals surface area contributed by atoms with E-state index in [4.69, 9.17) is 14.2 Å². The molecule has 0 radical (unpaired) electrons. The second-order valence-electron chi connectivity index (χ2n) is 8.85. The first kappa shape index (κ1) is 19.0. The Kier molecular flexibility index (Phi) is 5.86. The van der Waals surface area contributed by atoms with Crippen LogP contribution < -0.4 is 0 Å². The third-order valence-corrected chi connectivity index (χ3v) is 6.78. The first-order valence-electron chi connectivity index (χ1n) is 10.9. The SMILES string of the molecule is O=C1OC2(CCCC2)OC(=O)C1=CC1CCC(OCC2CCCCC2)CC1. The Bertz CT molecular complexity index is 554. The van der Waals surface area contributed by atoms with Crippen molar-refractivity contribution in [2.45, 2.75) is 95.4 Å². The van der Waals surface area contributed by atoms with Gasteiger partial charge >= 0.3 is 11.9 Å². The van der Waals surface area contributed by atoms with Crippen molar-refractivity contribution in [3.8, 4) is 0 Å². The van der Waals surface area contributed by atoms with Crippen LogP contribution in [0.25, 0.3) is 0 Å². The molecule has 150 valence electrons. The number of allylic oxidation sites excluding steroid dienone is 1. The standard InChI is InChI=1S/C22H32O5/c23-20-19(21(24)27-22(26-20)12-4-5-13-22)14-16-8-10-18(11-9-16)25-15-17-6-2-1-3-7-17/h14,16-18H,1-13,15H2. The third kappa shape index (κ3) is 4.56. The van der Waals surface area contributed by atoms with Crippen molar-refractivity contribution >= 4 is 11.9 Å². The molecule has 1 spiro atoms. The van der Waals surface area contributed by atoms with E-state index in [0.717, 1.165) is 51.0 Å². The monoisotopic (exact) mass is 376 g/mol. The van der Waals surface area contributed by atoms with Gasteiger partial charge in [0.15, 0.2) is 0 Å². The lowest BCUT2D eigenvalue weighted by Gasteiger charge is -2.34. The van der Waals surface area contributed by atoms with E-state index in [1.54, 1.807) is 6.08 Å². The minimum Gasteiger partial charge on any atom is -0.419 e. The van der Waals surface area contributed by atoms with Gasteiger partial charge in [0, 0.05) is 19.4 Å². The number of hydrogen-bond donors (Lipinski definition) is 0. The molecule has 0 atom stereocenters. The van der Waals surface area contributed by atoms with E-state index in [0.29, 0.717) is 18.9 Å². The molecule has 0 unspecified atom stereocenters. The van der Waals surface area contributed by atoms with Gasteiger partial charge in [-0.2, -0.15) is 0 Å². The zero-order valence-electron chi connectivity index (χ0n) is 16.3. The molecule has 5 heteroatoms. The molecular formula is C22H32O5. The molecule has 0 aromatic rings. The van der Waals surface area contributed by atoms with E-state index >= 15 is 0 Å². The van der Waals surface area contributed by atoms with E-state index in [-0.39, 0.29) is 11.5 Å². The lowest BCUT2D eigenvalue weighted by Crippen LogP contribution is -2.44. The van der Waals surface area contributed by atoms with Gasteiger partial charge in [-0.1, -0.05) is 25.3 Å². The fourth-order valence-corrected chi connectivity index (χ4v) is 5.09. The molecule has 1 heterocycles. The molecule has 0 aromatic heterocycles. The van der Waals surface area contributed by atoms with E-state index in [1.807, 2.05) is 0 Å². The van der Waals surface area contributed by atoms with Crippen LogP contribution in [0.5, 0.6) is 0 Å². The van der Waals surface area contributed by atoms with Crippen molar-refractivity contribution in [2.75, 3.05) is 6.61 Å². The summed E-state index contributed by atoms with van der Waals surface area (Å²) in [5.41, 5.74) is 0.0964. The summed E-state index contributed by atoms with van der Waals surface area (Å²) in [6.45, 7) is 0.900. The molecule has 1 saturated heterocycles. The fourth-order valence-electron chi connectivity index (χ4n) is 5.09. The van der Waals surface area contributed by atoms with Crippen LogP contribution in [-0.4, -0.2) is 30.4 Å². The number of ether oxygens (including phenoxy) is 3. The highest BCUT2D eigenvalue weighted by Gasteiger charge is 2.48. The van der Waals surface area contributed by atoms with Crippen LogP contribution in [-0.2, 0) is 23.8 Å². The van der Waals surface area contributed by atoms with Crippen LogP contribution in [0.3, 0.4) is 0 Å². The lowest BCUT2D eigenvalue weighted by molar-refractivity contribution is -0.232. The van der Waals surface area contributed by atoms with Crippen LogP contribution in [0.1, 0.15) is 83.5 Å². The number of carbonyl (C=O) groups excluding carboxylic acids is 2. The molecule has 27 heavy (non-hydrogen) atoms. The topological polar surface area (TPSA) is 61.8 Å². The average Bonchev–Trinajstić information content (AvgIpc) is 3.12. The highest BCUT2D eigenvalue weighted by molar-refractivity contribution is 6.15. The minimum absolute atomic E-state index is 0.0964. The Morgan fingerprint density at radius 2 is 1.48 bits per heavy atom. The van der Waals surface area contributed by atoms with E-state index < -0.39 is 17.7 Å². The van der Waals surface area contributed by atoms with Gasteiger partial charge in [-0.05, 0) is 63.2 Å². The molecule has 0 N–H and O–H groups in total. The summed E-state index contributed by atoms with van der Waals surface area (Å²) in [6, 6.07) is 0. The molecule has 0 bridgehead atoms. The normalized spacial score (nSPS) is 31.6. The van der Waals surface area contributed by atoms with Gasteiger partial charge in [-0.3, -0.25) is 0 Å². The van der Waals surface area contributed by atoms with Crippen LogP contribution in [0.15, 0.2) is 11.6 Å². The maximum atomic E-state index is 12.4. The van der Waals surface area contributed by atoms with E-state index in [1.165, 1.54) is 32.1 Å². The molecule has 1 aliphatic heterocycles. The predicted octanol–water partition coefficient (Wildman–Crippen LogP) is 4.44. The zero-order valence-corrected chi connectivity index (χ0v) is 16.3. The van der Waals surface area contributed by atoms with Gasteiger partial charge in [0.05, 0.1) is 6.10 Å². The zero-order chi connectivity index (χ0) is 18.7. The van der Waals surface area contributed by atoms with E-state index in [9.17, 15) is 9.59 Å². The number of hydrogen-bond acceptors (Lipinski definition) is 5. The first-order valence-corrected chi connectivity index (χ1v) is 10.9. The number of carbonyl (C=O) groups is 2. The predicted molar refractivity (Wildman–Crippen MR) is 99.7 cm³/mol. The van der Waals surface area contributed by atoms with Gasteiger partial charge in [0.2, 0.25) is 0 Å². The Labute approximate surface area is 161 Å². The molecule has 4 fully saturated rings. The lowest BCUT2D eigenvalue weighted by atomic mass is 9.85. The van der Waals surface area contributed by atoms with Gasteiger partial charge < -0.3 is 14.2 Å². The van der Waals surface area contributed by atoms with Crippen molar-refractivity contribution in [1.82, 2.24) is 0 Å². The highest BCUT2D eigenvalue weighted by atomic mass is 16.7. The van der Waals surface area contributed by atoms with Crippen molar-refractivity contribution in [2.24, 2.45) is 11.8 Å². The number of esters is 2. The van der Waals surface area contributed by atoms with Gasteiger partial charge in [0.25, 0.3) is 5.79 Å². The molecule has 4 aliphatic rings. The number of rotatable bonds is 4. The largest absolute Gasteiger partial charge is 0.419 e. The smallest absolute Gasteiger partial charge is 0.348 e. The van der Waals surface area contributed by atoms with Gasteiger partial charge in [-0.15, -0.1) is 0 Å². The highest BCUT2D eigenvalue weighted by Crippen LogP contribution is 2.39. The third-order valence-electron chi connectivity index (χ3n) is 6.78. The summed E-state index contributed by atoms with van der Waals surface area (Å²) in [7, 11) is 0. The second kappa shape index (κ2) is 8.34. The van der Waals surface area contributed by atoms with Crippen LogP contribution in [0, 0.1) is 11.8 Å². The van der Waals surface area contributed by atoms with Crippen molar-refractivity contribution < 1.29 is 23.8 Å². The van der Waals surface area contributed by atoms with Crippen LogP contribution >= 0.6 is 0 Å². The van der Waals surface area contributed by atoms with Crippen molar-refractivity contribution in [3.05, 3.63) is 11.6 Å². The van der Waals surface area contributed by atoms with Crippen molar-refractivity contribution in [1.29, 1.82) is 0 Å². The fraction of sp³-hybridized carbons (Fsp3) is 0.818. The summed E-state index contributed by atoms with van der Waals surface area (Å²) >= 11 is 0. The molecule has 3 saturated carbocycles. The summed E-state index contributed by atoms with van der Waals surface area (Å²) in [4.78, 5) is 24.7. The molecule has 0 aromatic carbocycles. The van der Waals surface area contributed by atoms with Crippen LogP contribution in [0.4, 0.5) is 0 Å². The Morgan fingerprint density at radius 1 is 0.852 bits per heavy atom.